The highest BCUT2D eigenvalue weighted by atomic mass is 16.6. The Labute approximate surface area is 185 Å². The van der Waals surface area contributed by atoms with Crippen LogP contribution >= 0.6 is 0 Å². The lowest BCUT2D eigenvalue weighted by molar-refractivity contribution is -0.128. The van der Waals surface area contributed by atoms with E-state index in [1.807, 2.05) is 45.9 Å². The number of likely N-dealkylation sites (tertiary alicyclic amines) is 1. The second-order valence-corrected chi connectivity index (χ2v) is 8.63. The smallest absolute Gasteiger partial charge is 0.407 e. The van der Waals surface area contributed by atoms with Crippen molar-refractivity contribution >= 4 is 18.0 Å². The van der Waals surface area contributed by atoms with Crippen LogP contribution < -0.4 is 10.6 Å². The van der Waals surface area contributed by atoms with Gasteiger partial charge in [0.1, 0.15) is 12.1 Å². The first kappa shape index (κ1) is 24.4. The first-order valence-electron chi connectivity index (χ1n) is 10.8. The quantitative estimate of drug-likeness (QED) is 0.502. The van der Waals surface area contributed by atoms with Crippen LogP contribution in [0, 0.1) is 0 Å². The highest BCUT2D eigenvalue weighted by molar-refractivity contribution is 5.85. The van der Waals surface area contributed by atoms with Gasteiger partial charge >= 0.3 is 6.09 Å². The van der Waals surface area contributed by atoms with Gasteiger partial charge in [-0.05, 0) is 46.2 Å². The van der Waals surface area contributed by atoms with E-state index in [4.69, 9.17) is 4.74 Å². The van der Waals surface area contributed by atoms with Gasteiger partial charge in [-0.25, -0.2) is 9.79 Å². The van der Waals surface area contributed by atoms with Crippen molar-refractivity contribution in [1.82, 2.24) is 25.4 Å². The number of carbonyl (C=O) groups excluding carboxylic acids is 2. The van der Waals surface area contributed by atoms with Crippen molar-refractivity contribution in [3.05, 3.63) is 30.1 Å². The number of pyridine rings is 1. The summed E-state index contributed by atoms with van der Waals surface area (Å²) in [5.41, 5.74) is 0.432. The Kier molecular flexibility index (Phi) is 9.08. The molecule has 9 heteroatoms. The molecule has 1 fully saturated rings. The van der Waals surface area contributed by atoms with Gasteiger partial charge in [-0.2, -0.15) is 0 Å². The third kappa shape index (κ3) is 8.82. The molecular formula is C22H36N6O3. The number of rotatable bonds is 7. The van der Waals surface area contributed by atoms with Crippen molar-refractivity contribution in [3.8, 4) is 0 Å². The molecule has 1 aromatic rings. The summed E-state index contributed by atoms with van der Waals surface area (Å²) in [7, 11) is 1.78. The van der Waals surface area contributed by atoms with Crippen LogP contribution in [0.3, 0.4) is 0 Å². The minimum atomic E-state index is -0.526. The van der Waals surface area contributed by atoms with Crippen LogP contribution in [0.15, 0.2) is 29.4 Å². The molecule has 0 saturated carbocycles. The van der Waals surface area contributed by atoms with Crippen molar-refractivity contribution in [1.29, 1.82) is 0 Å². The van der Waals surface area contributed by atoms with Crippen LogP contribution in [0.2, 0.25) is 0 Å². The van der Waals surface area contributed by atoms with E-state index in [1.165, 1.54) is 0 Å². The van der Waals surface area contributed by atoms with Gasteiger partial charge in [-0.3, -0.25) is 9.78 Å². The van der Waals surface area contributed by atoms with Gasteiger partial charge in [0.05, 0.1) is 6.04 Å². The number of hydrogen-bond acceptors (Lipinski definition) is 5. The van der Waals surface area contributed by atoms with E-state index in [1.54, 1.807) is 18.1 Å². The van der Waals surface area contributed by atoms with Crippen LogP contribution in [0.4, 0.5) is 4.79 Å². The molecule has 0 aromatic carbocycles. The molecule has 2 heterocycles. The Morgan fingerprint density at radius 3 is 2.77 bits per heavy atom. The van der Waals surface area contributed by atoms with Gasteiger partial charge in [-0.1, -0.05) is 6.07 Å². The highest BCUT2D eigenvalue weighted by Gasteiger charge is 2.28. The zero-order valence-electron chi connectivity index (χ0n) is 19.4. The van der Waals surface area contributed by atoms with E-state index in [0.717, 1.165) is 18.7 Å². The molecule has 0 radical (unpaired) electrons. The van der Waals surface area contributed by atoms with Crippen LogP contribution in [-0.4, -0.2) is 84.2 Å². The topological polar surface area (TPSA) is 99.2 Å². The number of hydrogen-bond donors (Lipinski definition) is 2. The van der Waals surface area contributed by atoms with Gasteiger partial charge in [-0.15, -0.1) is 0 Å². The minimum absolute atomic E-state index is 0.0181. The maximum absolute atomic E-state index is 12.5. The average molecular weight is 433 g/mol. The number of nitrogens with zero attached hydrogens (tertiary/aromatic N) is 4. The predicted octanol–water partition coefficient (Wildman–Crippen LogP) is 1.65. The van der Waals surface area contributed by atoms with Crippen LogP contribution in [0.5, 0.6) is 0 Å². The van der Waals surface area contributed by atoms with E-state index in [-0.39, 0.29) is 18.5 Å². The monoisotopic (exact) mass is 432 g/mol. The third-order valence-electron chi connectivity index (χ3n) is 4.76. The fourth-order valence-electron chi connectivity index (χ4n) is 3.19. The zero-order valence-corrected chi connectivity index (χ0v) is 19.4. The lowest BCUT2D eigenvalue weighted by Gasteiger charge is -2.23. The molecule has 1 saturated heterocycles. The number of likely N-dealkylation sites (N-methyl/N-ethyl adjacent to an activating group) is 1. The Morgan fingerprint density at radius 2 is 2.13 bits per heavy atom. The van der Waals surface area contributed by atoms with E-state index >= 15 is 0 Å². The average Bonchev–Trinajstić information content (AvgIpc) is 3.16. The molecule has 1 atom stereocenters. The summed E-state index contributed by atoms with van der Waals surface area (Å²) < 4.78 is 5.33. The summed E-state index contributed by atoms with van der Waals surface area (Å²) in [6, 6.07) is 5.75. The number of nitrogens with one attached hydrogen (secondary N) is 2. The lowest BCUT2D eigenvalue weighted by atomic mass is 10.2. The maximum atomic E-state index is 12.5. The molecule has 1 aliphatic heterocycles. The SMILES string of the molecule is CCNC(=NCC(=O)N(C)CCc1ccccn1)N1CCC(NC(=O)OC(C)(C)C)C1. The molecule has 0 aliphatic carbocycles. The number of ether oxygens (including phenoxy) is 1. The van der Waals surface area contributed by atoms with E-state index in [2.05, 4.69) is 25.5 Å². The molecule has 1 unspecified atom stereocenters. The highest BCUT2D eigenvalue weighted by Crippen LogP contribution is 2.12. The molecule has 2 rings (SSSR count). The van der Waals surface area contributed by atoms with Crippen molar-refractivity contribution in [2.24, 2.45) is 4.99 Å². The summed E-state index contributed by atoms with van der Waals surface area (Å²) in [5, 5.41) is 6.15. The Morgan fingerprint density at radius 1 is 1.35 bits per heavy atom. The molecule has 1 aromatic heterocycles. The molecule has 2 amide bonds. The van der Waals surface area contributed by atoms with Gasteiger partial charge < -0.3 is 25.2 Å². The molecule has 0 spiro atoms. The third-order valence-corrected chi connectivity index (χ3v) is 4.76. The maximum Gasteiger partial charge on any atom is 0.407 e. The predicted molar refractivity (Wildman–Crippen MR) is 121 cm³/mol. The molecule has 2 N–H and O–H groups in total. The minimum Gasteiger partial charge on any atom is -0.444 e. The number of amides is 2. The van der Waals surface area contributed by atoms with Crippen molar-refractivity contribution in [2.75, 3.05) is 39.8 Å². The van der Waals surface area contributed by atoms with Crippen LogP contribution in [0.25, 0.3) is 0 Å². The Hall–Kier alpha value is -2.84. The van der Waals surface area contributed by atoms with Crippen LogP contribution in [0.1, 0.15) is 39.8 Å². The Bertz CT molecular complexity index is 747. The van der Waals surface area contributed by atoms with Gasteiger partial charge in [0.15, 0.2) is 5.96 Å². The zero-order chi connectivity index (χ0) is 22.9. The number of guanidine groups is 1. The second-order valence-electron chi connectivity index (χ2n) is 8.63. The van der Waals surface area contributed by atoms with Crippen LogP contribution in [-0.2, 0) is 16.0 Å². The summed E-state index contributed by atoms with van der Waals surface area (Å²) in [4.78, 5) is 37.1. The summed E-state index contributed by atoms with van der Waals surface area (Å²) >= 11 is 0. The van der Waals surface area contributed by atoms with E-state index in [0.29, 0.717) is 32.0 Å². The summed E-state index contributed by atoms with van der Waals surface area (Å²) in [6.07, 6.45) is 2.84. The van der Waals surface area contributed by atoms with Gasteiger partial charge in [0.25, 0.3) is 0 Å². The molecule has 9 nitrogen and oxygen atoms in total. The number of aliphatic imine (C=N–C) groups is 1. The summed E-state index contributed by atoms with van der Waals surface area (Å²) in [6.45, 7) is 10.2. The fourth-order valence-corrected chi connectivity index (χ4v) is 3.19. The van der Waals surface area contributed by atoms with E-state index in [9.17, 15) is 9.59 Å². The standard InChI is InChI=1S/C22H36N6O3/c1-6-23-20(28-14-11-18(16-28)26-21(30)31-22(2,3)4)25-15-19(29)27(5)13-10-17-9-7-8-12-24-17/h7-9,12,18H,6,10-11,13-16H2,1-5H3,(H,23,25)(H,26,30). The number of carbonyl (C=O) groups is 2. The van der Waals surface area contributed by atoms with E-state index < -0.39 is 11.7 Å². The normalized spacial score (nSPS) is 16.7. The molecule has 172 valence electrons. The molecule has 0 bridgehead atoms. The first-order valence-corrected chi connectivity index (χ1v) is 10.8. The van der Waals surface area contributed by atoms with Crippen molar-refractivity contribution in [2.45, 2.75) is 52.2 Å². The molecule has 1 aliphatic rings. The Balaban J connectivity index is 1.85. The number of aromatic nitrogens is 1. The van der Waals surface area contributed by atoms with Crippen molar-refractivity contribution < 1.29 is 14.3 Å². The van der Waals surface area contributed by atoms with Gasteiger partial charge in [0.2, 0.25) is 5.91 Å². The fraction of sp³-hybridized carbons (Fsp3) is 0.636. The molecular weight excluding hydrogens is 396 g/mol. The van der Waals surface area contributed by atoms with Crippen molar-refractivity contribution in [3.63, 3.8) is 0 Å². The van der Waals surface area contributed by atoms with Gasteiger partial charge in [0, 0.05) is 51.5 Å². The summed E-state index contributed by atoms with van der Waals surface area (Å²) in [5.74, 6) is 0.636. The largest absolute Gasteiger partial charge is 0.444 e. The lowest BCUT2D eigenvalue weighted by Crippen LogP contribution is -2.44. The first-order chi connectivity index (χ1) is 14.7. The number of alkyl carbamates (subject to hydrolysis) is 1. The molecule has 31 heavy (non-hydrogen) atoms. The second kappa shape index (κ2) is 11.5.